The van der Waals surface area contributed by atoms with Crippen LogP contribution >= 0.6 is 12.4 Å². The van der Waals surface area contributed by atoms with Gasteiger partial charge in [0.1, 0.15) is 0 Å². The quantitative estimate of drug-likeness (QED) is 0.748. The van der Waals surface area contributed by atoms with Crippen molar-refractivity contribution in [3.8, 4) is 0 Å². The minimum Gasteiger partial charge on any atom is -0.339 e. The predicted octanol–water partition coefficient (Wildman–Crippen LogP) is 2.98. The van der Waals surface area contributed by atoms with Crippen LogP contribution in [-0.4, -0.2) is 45.9 Å². The van der Waals surface area contributed by atoms with Gasteiger partial charge < -0.3 is 10.2 Å². The molecule has 0 saturated carbocycles. The summed E-state index contributed by atoms with van der Waals surface area (Å²) in [4.78, 5) is 14.6. The number of sulfonamides is 1. The van der Waals surface area contributed by atoms with E-state index in [-0.39, 0.29) is 23.2 Å². The number of hydrogen-bond donors (Lipinski definition) is 2. The van der Waals surface area contributed by atoms with Gasteiger partial charge in [-0.3, -0.25) is 9.52 Å². The zero-order valence-electron chi connectivity index (χ0n) is 15.8. The van der Waals surface area contributed by atoms with Gasteiger partial charge in [-0.1, -0.05) is 18.2 Å². The fraction of sp³-hybridized carbons (Fsp3) is 0.350. The van der Waals surface area contributed by atoms with Crippen molar-refractivity contribution in [1.29, 1.82) is 0 Å². The molecule has 6 nitrogen and oxygen atoms in total. The highest BCUT2D eigenvalue weighted by Crippen LogP contribution is 2.20. The molecule has 1 aliphatic heterocycles. The van der Waals surface area contributed by atoms with Gasteiger partial charge >= 0.3 is 0 Å². The molecule has 1 heterocycles. The van der Waals surface area contributed by atoms with Crippen molar-refractivity contribution >= 4 is 34.0 Å². The van der Waals surface area contributed by atoms with Crippen LogP contribution in [0.15, 0.2) is 59.5 Å². The second-order valence-corrected chi connectivity index (χ2v) is 8.47. The molecule has 0 aliphatic carbocycles. The molecule has 1 fully saturated rings. The number of hydrogen-bond acceptors (Lipinski definition) is 4. The maximum Gasteiger partial charge on any atom is 0.261 e. The van der Waals surface area contributed by atoms with Crippen molar-refractivity contribution in [2.45, 2.75) is 17.7 Å². The fourth-order valence-electron chi connectivity index (χ4n) is 3.31. The fourth-order valence-corrected chi connectivity index (χ4v) is 4.37. The van der Waals surface area contributed by atoms with Gasteiger partial charge in [-0.2, -0.15) is 0 Å². The maximum absolute atomic E-state index is 12.7. The molecule has 0 atom stereocenters. The third kappa shape index (κ3) is 5.47. The lowest BCUT2D eigenvalue weighted by Crippen LogP contribution is -2.40. The molecule has 28 heavy (non-hydrogen) atoms. The van der Waals surface area contributed by atoms with E-state index in [1.165, 1.54) is 12.1 Å². The summed E-state index contributed by atoms with van der Waals surface area (Å²) in [6, 6.07) is 14.8. The van der Waals surface area contributed by atoms with Crippen molar-refractivity contribution < 1.29 is 13.2 Å². The highest BCUT2D eigenvalue weighted by atomic mass is 35.5. The molecule has 2 aromatic rings. The first-order valence-corrected chi connectivity index (χ1v) is 10.6. The summed E-state index contributed by atoms with van der Waals surface area (Å²) in [6.45, 7) is 2.45. The van der Waals surface area contributed by atoms with E-state index in [2.05, 4.69) is 10.0 Å². The summed E-state index contributed by atoms with van der Waals surface area (Å²) >= 11 is 0. The zero-order valence-corrected chi connectivity index (χ0v) is 17.4. The van der Waals surface area contributed by atoms with Crippen molar-refractivity contribution in [1.82, 2.24) is 10.2 Å². The summed E-state index contributed by atoms with van der Waals surface area (Å²) in [7, 11) is -1.73. The second kappa shape index (κ2) is 9.91. The molecule has 2 aromatic carbocycles. The topological polar surface area (TPSA) is 78.5 Å². The van der Waals surface area contributed by atoms with E-state index in [0.29, 0.717) is 17.2 Å². The van der Waals surface area contributed by atoms with E-state index < -0.39 is 10.0 Å². The molecule has 0 radical (unpaired) electrons. The van der Waals surface area contributed by atoms with E-state index in [1.807, 2.05) is 18.0 Å². The van der Waals surface area contributed by atoms with Crippen LogP contribution < -0.4 is 10.0 Å². The van der Waals surface area contributed by atoms with Gasteiger partial charge in [-0.05, 0) is 68.8 Å². The van der Waals surface area contributed by atoms with Crippen LogP contribution in [0, 0.1) is 5.92 Å². The molecule has 0 aromatic heterocycles. The molecular formula is C20H26ClN3O3S. The van der Waals surface area contributed by atoms with Crippen molar-refractivity contribution in [2.75, 3.05) is 31.4 Å². The Morgan fingerprint density at radius 1 is 1.04 bits per heavy atom. The maximum atomic E-state index is 12.7. The number of carbonyl (C=O) groups excluding carboxylic acids is 1. The van der Waals surface area contributed by atoms with Crippen LogP contribution in [0.2, 0.25) is 0 Å². The van der Waals surface area contributed by atoms with Gasteiger partial charge in [0.2, 0.25) is 0 Å². The summed E-state index contributed by atoms with van der Waals surface area (Å²) in [5, 5.41) is 3.18. The van der Waals surface area contributed by atoms with E-state index in [1.54, 1.807) is 36.4 Å². The Balaban J connectivity index is 0.00000280. The minimum atomic E-state index is -3.68. The Morgan fingerprint density at radius 3 is 2.21 bits per heavy atom. The number of rotatable bonds is 6. The summed E-state index contributed by atoms with van der Waals surface area (Å²) in [5.41, 5.74) is 1.02. The zero-order chi connectivity index (χ0) is 19.3. The number of carbonyl (C=O) groups is 1. The van der Waals surface area contributed by atoms with Gasteiger partial charge in [-0.25, -0.2) is 8.42 Å². The van der Waals surface area contributed by atoms with Crippen LogP contribution in [0.5, 0.6) is 0 Å². The van der Waals surface area contributed by atoms with Gasteiger partial charge in [0.25, 0.3) is 15.9 Å². The van der Waals surface area contributed by atoms with Gasteiger partial charge in [0, 0.05) is 24.3 Å². The lowest BCUT2D eigenvalue weighted by atomic mass is 9.96. The molecule has 3 rings (SSSR count). The lowest BCUT2D eigenvalue weighted by molar-refractivity contribution is 0.0691. The smallest absolute Gasteiger partial charge is 0.261 e. The van der Waals surface area contributed by atoms with E-state index in [0.717, 1.165) is 32.5 Å². The highest BCUT2D eigenvalue weighted by Gasteiger charge is 2.23. The van der Waals surface area contributed by atoms with Crippen LogP contribution in [0.4, 0.5) is 5.69 Å². The molecule has 1 saturated heterocycles. The molecule has 0 spiro atoms. The number of anilines is 1. The number of likely N-dealkylation sites (tertiary alicyclic amines) is 1. The number of halogens is 1. The van der Waals surface area contributed by atoms with E-state index >= 15 is 0 Å². The van der Waals surface area contributed by atoms with Gasteiger partial charge in [0.05, 0.1) is 4.90 Å². The molecule has 1 aliphatic rings. The SMILES string of the molecule is CNCC1CCN(C(=O)c2ccc(S(=O)(=O)Nc3ccccc3)cc2)CC1.Cl. The average molecular weight is 424 g/mol. The average Bonchev–Trinajstić information content (AvgIpc) is 2.69. The number of nitrogens with zero attached hydrogens (tertiary/aromatic N) is 1. The number of benzene rings is 2. The molecule has 1 amide bonds. The molecule has 0 unspecified atom stereocenters. The van der Waals surface area contributed by atoms with Crippen LogP contribution in [0.3, 0.4) is 0 Å². The van der Waals surface area contributed by atoms with Crippen molar-refractivity contribution in [3.05, 3.63) is 60.2 Å². The molecule has 8 heteroatoms. The number of piperidine rings is 1. The monoisotopic (exact) mass is 423 g/mol. The number of para-hydroxylation sites is 1. The normalized spacial score (nSPS) is 15.0. The van der Waals surface area contributed by atoms with Crippen LogP contribution in [0.1, 0.15) is 23.2 Å². The first-order chi connectivity index (χ1) is 13.0. The second-order valence-electron chi connectivity index (χ2n) is 6.79. The largest absolute Gasteiger partial charge is 0.339 e. The standard InChI is InChI=1S/C20H25N3O3S.ClH/c1-21-15-16-11-13-23(14-12-16)20(24)17-7-9-19(10-8-17)27(25,26)22-18-5-3-2-4-6-18;/h2-10,16,21-22H,11-15H2,1H3;1H. The Labute approximate surface area is 172 Å². The van der Waals surface area contributed by atoms with Crippen LogP contribution in [0.25, 0.3) is 0 Å². The van der Waals surface area contributed by atoms with Gasteiger partial charge in [0.15, 0.2) is 0 Å². The summed E-state index contributed by atoms with van der Waals surface area (Å²) in [5.74, 6) is 0.563. The molecular weight excluding hydrogens is 398 g/mol. The Hall–Kier alpha value is -2.09. The highest BCUT2D eigenvalue weighted by molar-refractivity contribution is 7.92. The van der Waals surface area contributed by atoms with Crippen molar-refractivity contribution in [3.63, 3.8) is 0 Å². The lowest BCUT2D eigenvalue weighted by Gasteiger charge is -2.32. The van der Waals surface area contributed by atoms with Crippen LogP contribution in [-0.2, 0) is 10.0 Å². The summed E-state index contributed by atoms with van der Waals surface area (Å²) in [6.07, 6.45) is 1.97. The minimum absolute atomic E-state index is 0. The Bertz CT molecular complexity index is 865. The van der Waals surface area contributed by atoms with Gasteiger partial charge in [-0.15, -0.1) is 12.4 Å². The van der Waals surface area contributed by atoms with Crippen molar-refractivity contribution in [2.24, 2.45) is 5.92 Å². The Kier molecular flexibility index (Phi) is 7.86. The first kappa shape index (κ1) is 22.2. The predicted molar refractivity (Wildman–Crippen MR) is 113 cm³/mol. The molecule has 0 bridgehead atoms. The molecule has 152 valence electrons. The number of nitrogens with one attached hydrogen (secondary N) is 2. The van der Waals surface area contributed by atoms with E-state index in [9.17, 15) is 13.2 Å². The first-order valence-electron chi connectivity index (χ1n) is 9.11. The number of amides is 1. The summed E-state index contributed by atoms with van der Waals surface area (Å²) < 4.78 is 27.5. The third-order valence-electron chi connectivity index (χ3n) is 4.83. The van der Waals surface area contributed by atoms with E-state index in [4.69, 9.17) is 0 Å². The molecule has 2 N–H and O–H groups in total. The Morgan fingerprint density at radius 2 is 1.64 bits per heavy atom. The third-order valence-corrected chi connectivity index (χ3v) is 6.23.